The first-order valence-corrected chi connectivity index (χ1v) is 5.34. The number of rotatable bonds is 2. The Morgan fingerprint density at radius 3 is 2.20 bits per heavy atom. The lowest BCUT2D eigenvalue weighted by Gasteiger charge is -2.15. The molecule has 82 valence electrons. The minimum atomic E-state index is 0.500. The zero-order valence-corrected chi connectivity index (χ0v) is 9.25. The van der Waals surface area contributed by atoms with E-state index in [2.05, 4.69) is 37.4 Å². The van der Waals surface area contributed by atoms with E-state index in [-0.39, 0.29) is 0 Å². The van der Waals surface area contributed by atoms with Crippen LogP contribution in [-0.4, -0.2) is 26.0 Å². The van der Waals surface area contributed by atoms with Gasteiger partial charge in [-0.2, -0.15) is 0 Å². The van der Waals surface area contributed by atoms with Gasteiger partial charge in [-0.1, -0.05) is 12.1 Å². The molecule has 0 aromatic rings. The lowest BCUT2D eigenvalue weighted by molar-refractivity contribution is 0.0692. The highest BCUT2D eigenvalue weighted by Gasteiger charge is 2.05. The molecule has 1 N–H and O–H groups in total. The fourth-order valence-electron chi connectivity index (χ4n) is 1.51. The molecule has 1 heterocycles. The van der Waals surface area contributed by atoms with Crippen molar-refractivity contribution in [2.75, 3.05) is 25.3 Å². The van der Waals surface area contributed by atoms with Gasteiger partial charge in [0.15, 0.2) is 0 Å². The molecular weight excluding hydrogens is 190 g/mol. The molecule has 3 heteroatoms. The molecule has 0 aromatic carbocycles. The van der Waals surface area contributed by atoms with Gasteiger partial charge in [-0.3, -0.25) is 0 Å². The normalized spacial score (nSPS) is 15.9. The maximum absolute atomic E-state index is 4.72. The molecule has 3 nitrogen and oxygen atoms in total. The summed E-state index contributed by atoms with van der Waals surface area (Å²) < 4.78 is 9.44. The van der Waals surface area contributed by atoms with E-state index in [1.165, 1.54) is 16.1 Å². The van der Waals surface area contributed by atoms with Crippen molar-refractivity contribution in [3.05, 3.63) is 28.6 Å². The van der Waals surface area contributed by atoms with E-state index in [9.17, 15) is 0 Å². The molecule has 1 fully saturated rings. The van der Waals surface area contributed by atoms with E-state index in [1.54, 1.807) is 0 Å². The molecule has 0 bridgehead atoms. The molecule has 15 heavy (non-hydrogen) atoms. The highest BCUT2D eigenvalue weighted by Crippen LogP contribution is 2.21. The molecule has 1 aliphatic heterocycles. The van der Waals surface area contributed by atoms with Crippen LogP contribution in [0.2, 0.25) is 0 Å². The van der Waals surface area contributed by atoms with Gasteiger partial charge < -0.3 is 14.8 Å². The average molecular weight is 207 g/mol. The van der Waals surface area contributed by atoms with E-state index >= 15 is 0 Å². The van der Waals surface area contributed by atoms with Crippen molar-refractivity contribution < 1.29 is 9.47 Å². The summed E-state index contributed by atoms with van der Waals surface area (Å²) >= 11 is 0. The van der Waals surface area contributed by atoms with Crippen molar-refractivity contribution >= 4 is 5.69 Å². The van der Waals surface area contributed by atoms with Crippen molar-refractivity contribution in [3.63, 3.8) is 0 Å². The first-order chi connectivity index (χ1) is 7.27. The van der Waals surface area contributed by atoms with E-state index in [4.69, 9.17) is 9.47 Å². The molecule has 0 spiro atoms. The number of anilines is 1. The second kappa shape index (κ2) is 4.64. The molecule has 0 amide bonds. The zero-order valence-electron chi connectivity index (χ0n) is 9.25. The van der Waals surface area contributed by atoms with Crippen LogP contribution in [0.1, 0.15) is 13.8 Å². The molecule has 0 radical (unpaired) electrons. The van der Waals surface area contributed by atoms with Crippen LogP contribution in [0.25, 0.3) is 0 Å². The van der Waals surface area contributed by atoms with Crippen LogP contribution in [0, 0.1) is 10.4 Å². The predicted octanol–water partition coefficient (Wildman–Crippen LogP) is 2.10. The number of nitrogens with one attached hydrogen (secondary N) is 1. The average Bonchev–Trinajstić information content (AvgIpc) is 2.70. The fraction of sp³-hybridized carbons (Fsp3) is 0.500. The van der Waals surface area contributed by atoms with Gasteiger partial charge in [0.1, 0.15) is 6.79 Å². The number of ether oxygens (including phenoxy) is 2. The van der Waals surface area contributed by atoms with Crippen molar-refractivity contribution in [2.24, 2.45) is 0 Å². The standard InChI is InChI=1S/C9H11N.C3H6O2/c1-6(2)10-9-5-7-3-4-8(7)9;1-2-5-3-4-1/h3-6,10H,1-2H3;1-3H2. The molecule has 0 saturated carbocycles. The molecule has 3 rings (SSSR count). The van der Waals surface area contributed by atoms with Crippen molar-refractivity contribution in [1.82, 2.24) is 0 Å². The number of benzene rings is 1. The van der Waals surface area contributed by atoms with Crippen molar-refractivity contribution in [1.29, 1.82) is 0 Å². The van der Waals surface area contributed by atoms with Gasteiger partial charge in [0.05, 0.1) is 13.2 Å². The highest BCUT2D eigenvalue weighted by molar-refractivity contribution is 5.54. The van der Waals surface area contributed by atoms with Crippen LogP contribution in [0.15, 0.2) is 18.2 Å². The van der Waals surface area contributed by atoms with Gasteiger partial charge in [-0.05, 0) is 25.1 Å². The SMILES string of the molecule is C1COCO1.CC(C)Nc1cc2ccc1=2. The quantitative estimate of drug-likeness (QED) is 0.818. The molecule has 1 saturated heterocycles. The Kier molecular flexibility index (Phi) is 3.23. The smallest absolute Gasteiger partial charge is 0.146 e. The molecule has 2 aliphatic carbocycles. The van der Waals surface area contributed by atoms with E-state index < -0.39 is 0 Å². The van der Waals surface area contributed by atoms with Crippen molar-refractivity contribution in [2.45, 2.75) is 19.9 Å². The summed E-state index contributed by atoms with van der Waals surface area (Å²) in [5.41, 5.74) is 1.31. The fourth-order valence-corrected chi connectivity index (χ4v) is 1.51. The van der Waals surface area contributed by atoms with Crippen LogP contribution < -0.4 is 5.32 Å². The van der Waals surface area contributed by atoms with Crippen molar-refractivity contribution in [3.8, 4) is 0 Å². The monoisotopic (exact) mass is 207 g/mol. The largest absolute Gasteiger partial charge is 0.382 e. The molecule has 3 aliphatic rings. The summed E-state index contributed by atoms with van der Waals surface area (Å²) in [5, 5.41) is 6.18. The Morgan fingerprint density at radius 2 is 1.93 bits per heavy atom. The molecule has 0 atom stereocenters. The Labute approximate surface area is 89.7 Å². The Bertz CT molecular complexity index is 403. The molecule has 0 unspecified atom stereocenters. The molecule has 0 aromatic heterocycles. The second-order valence-corrected chi connectivity index (χ2v) is 3.99. The summed E-state index contributed by atoms with van der Waals surface area (Å²) in [6.45, 7) is 6.36. The topological polar surface area (TPSA) is 30.5 Å². The van der Waals surface area contributed by atoms with Gasteiger partial charge in [-0.25, -0.2) is 0 Å². The summed E-state index contributed by atoms with van der Waals surface area (Å²) in [6, 6.07) is 7.03. The summed E-state index contributed by atoms with van der Waals surface area (Å²) in [7, 11) is 0. The van der Waals surface area contributed by atoms with Crippen LogP contribution in [0.5, 0.6) is 0 Å². The summed E-state index contributed by atoms with van der Waals surface area (Å²) in [6.07, 6.45) is 0. The van der Waals surface area contributed by atoms with E-state index in [1.807, 2.05) is 0 Å². The Hall–Kier alpha value is -1.06. The first-order valence-electron chi connectivity index (χ1n) is 5.34. The minimum absolute atomic E-state index is 0.500. The van der Waals surface area contributed by atoms with Gasteiger partial charge in [0.25, 0.3) is 0 Å². The van der Waals surface area contributed by atoms with Gasteiger partial charge >= 0.3 is 0 Å². The lowest BCUT2D eigenvalue weighted by atomic mass is 10.0. The third kappa shape index (κ3) is 2.49. The van der Waals surface area contributed by atoms with Gasteiger partial charge in [0, 0.05) is 16.9 Å². The minimum Gasteiger partial charge on any atom is -0.382 e. The van der Waals surface area contributed by atoms with E-state index in [0.29, 0.717) is 12.8 Å². The predicted molar refractivity (Wildman–Crippen MR) is 59.6 cm³/mol. The first kappa shape index (κ1) is 10.5. The summed E-state index contributed by atoms with van der Waals surface area (Å²) in [4.78, 5) is 0. The lowest BCUT2D eigenvalue weighted by Crippen LogP contribution is -2.12. The zero-order chi connectivity index (χ0) is 10.7. The molecular formula is C12H17NO2. The maximum atomic E-state index is 4.72. The van der Waals surface area contributed by atoms with Gasteiger partial charge in [0.2, 0.25) is 0 Å². The van der Waals surface area contributed by atoms with Crippen LogP contribution in [0.4, 0.5) is 5.69 Å². The second-order valence-electron chi connectivity index (χ2n) is 3.99. The third-order valence-corrected chi connectivity index (χ3v) is 2.31. The number of hydrogen-bond acceptors (Lipinski definition) is 3. The highest BCUT2D eigenvalue weighted by atomic mass is 16.7. The summed E-state index contributed by atoms with van der Waals surface area (Å²) in [5.74, 6) is 0. The maximum Gasteiger partial charge on any atom is 0.146 e. The van der Waals surface area contributed by atoms with Gasteiger partial charge in [-0.15, -0.1) is 0 Å². The van der Waals surface area contributed by atoms with Crippen LogP contribution >= 0.6 is 0 Å². The van der Waals surface area contributed by atoms with Crippen LogP contribution in [-0.2, 0) is 9.47 Å². The number of hydrogen-bond donors (Lipinski definition) is 1. The Morgan fingerprint density at radius 1 is 1.20 bits per heavy atom. The third-order valence-electron chi connectivity index (χ3n) is 2.31. The Balaban J connectivity index is 0.000000144. The van der Waals surface area contributed by atoms with E-state index in [0.717, 1.165) is 13.2 Å². The van der Waals surface area contributed by atoms with Crippen LogP contribution in [0.3, 0.4) is 0 Å².